The Morgan fingerprint density at radius 1 is 0.962 bits per heavy atom. The first-order valence-corrected chi connectivity index (χ1v) is 9.30. The molecule has 2 heterocycles. The molecular formula is C20H28N2O4. The molecule has 1 aromatic carbocycles. The zero-order valence-corrected chi connectivity index (χ0v) is 15.9. The van der Waals surface area contributed by atoms with Crippen molar-refractivity contribution in [2.45, 2.75) is 33.6 Å². The largest absolute Gasteiger partial charge is 0.490 e. The molecular weight excluding hydrogens is 332 g/mol. The van der Waals surface area contributed by atoms with E-state index in [0.29, 0.717) is 51.6 Å². The molecule has 6 nitrogen and oxygen atoms in total. The van der Waals surface area contributed by atoms with Gasteiger partial charge in [-0.05, 0) is 17.7 Å². The standard InChI is InChI=1S/C20H28N2O4/c1-20(2,3)19(24)22-9-7-21(8-10-22)18(23)14-15-5-6-16-17(13-15)26-12-4-11-25-16/h5-6,13H,4,7-12,14H2,1-3H3. The highest BCUT2D eigenvalue weighted by molar-refractivity contribution is 5.82. The van der Waals surface area contributed by atoms with Crippen molar-refractivity contribution in [2.24, 2.45) is 5.41 Å². The maximum atomic E-state index is 12.6. The summed E-state index contributed by atoms with van der Waals surface area (Å²) in [6.45, 7) is 9.45. The fraction of sp³-hybridized carbons (Fsp3) is 0.600. The van der Waals surface area contributed by atoms with Gasteiger partial charge in [-0.2, -0.15) is 0 Å². The molecule has 0 unspecified atom stereocenters. The Hall–Kier alpha value is -2.24. The molecule has 2 amide bonds. The topological polar surface area (TPSA) is 59.1 Å². The second-order valence-corrected chi connectivity index (χ2v) is 7.93. The van der Waals surface area contributed by atoms with E-state index in [1.807, 2.05) is 48.8 Å². The van der Waals surface area contributed by atoms with E-state index in [9.17, 15) is 9.59 Å². The van der Waals surface area contributed by atoms with Gasteiger partial charge < -0.3 is 19.3 Å². The van der Waals surface area contributed by atoms with E-state index in [1.165, 1.54) is 0 Å². The van der Waals surface area contributed by atoms with Crippen LogP contribution >= 0.6 is 0 Å². The lowest BCUT2D eigenvalue weighted by atomic mass is 9.94. The summed E-state index contributed by atoms with van der Waals surface area (Å²) in [5.74, 6) is 1.69. The minimum atomic E-state index is -0.379. The Morgan fingerprint density at radius 2 is 1.58 bits per heavy atom. The number of benzene rings is 1. The highest BCUT2D eigenvalue weighted by Crippen LogP contribution is 2.30. The monoisotopic (exact) mass is 360 g/mol. The lowest BCUT2D eigenvalue weighted by Gasteiger charge is -2.37. The van der Waals surface area contributed by atoms with E-state index < -0.39 is 0 Å². The third-order valence-corrected chi connectivity index (χ3v) is 4.73. The minimum Gasteiger partial charge on any atom is -0.490 e. The first-order chi connectivity index (χ1) is 12.3. The Morgan fingerprint density at radius 3 is 2.23 bits per heavy atom. The Balaban J connectivity index is 1.56. The summed E-state index contributed by atoms with van der Waals surface area (Å²) in [6, 6.07) is 5.70. The molecule has 0 bridgehead atoms. The van der Waals surface area contributed by atoms with Gasteiger partial charge in [-0.3, -0.25) is 9.59 Å². The van der Waals surface area contributed by atoms with Crippen molar-refractivity contribution in [3.63, 3.8) is 0 Å². The summed E-state index contributed by atoms with van der Waals surface area (Å²) in [4.78, 5) is 28.7. The van der Waals surface area contributed by atoms with Crippen LogP contribution in [0.2, 0.25) is 0 Å². The molecule has 0 aliphatic carbocycles. The van der Waals surface area contributed by atoms with Gasteiger partial charge in [-0.15, -0.1) is 0 Å². The molecule has 0 atom stereocenters. The molecule has 1 fully saturated rings. The minimum absolute atomic E-state index is 0.0855. The molecule has 1 saturated heterocycles. The van der Waals surface area contributed by atoms with Gasteiger partial charge in [0, 0.05) is 38.0 Å². The number of hydrogen-bond donors (Lipinski definition) is 0. The molecule has 2 aliphatic heterocycles. The Bertz CT molecular complexity index is 673. The SMILES string of the molecule is CC(C)(C)C(=O)N1CCN(C(=O)Cc2ccc3c(c2)OCCCO3)CC1. The molecule has 142 valence electrons. The number of rotatable bonds is 2. The van der Waals surface area contributed by atoms with E-state index in [-0.39, 0.29) is 17.2 Å². The number of hydrogen-bond acceptors (Lipinski definition) is 4. The van der Waals surface area contributed by atoms with E-state index in [1.54, 1.807) is 0 Å². The van der Waals surface area contributed by atoms with Gasteiger partial charge in [0.1, 0.15) is 0 Å². The van der Waals surface area contributed by atoms with E-state index in [0.717, 1.165) is 17.7 Å². The number of carbonyl (C=O) groups excluding carboxylic acids is 2. The van der Waals surface area contributed by atoms with E-state index in [2.05, 4.69) is 0 Å². The lowest BCUT2D eigenvalue weighted by molar-refractivity contribution is -0.144. The van der Waals surface area contributed by atoms with Crippen molar-refractivity contribution in [2.75, 3.05) is 39.4 Å². The molecule has 0 spiro atoms. The molecule has 0 aromatic heterocycles. The van der Waals surface area contributed by atoms with Crippen LogP contribution in [0.5, 0.6) is 11.5 Å². The van der Waals surface area contributed by atoms with Crippen molar-refractivity contribution in [1.29, 1.82) is 0 Å². The second kappa shape index (κ2) is 7.56. The zero-order valence-electron chi connectivity index (χ0n) is 15.9. The number of ether oxygens (including phenoxy) is 2. The second-order valence-electron chi connectivity index (χ2n) is 7.93. The number of amides is 2. The van der Waals surface area contributed by atoms with Crippen molar-refractivity contribution in [3.8, 4) is 11.5 Å². The predicted octanol–water partition coefficient (Wildman–Crippen LogP) is 2.11. The third-order valence-electron chi connectivity index (χ3n) is 4.73. The molecule has 0 N–H and O–H groups in total. The van der Waals surface area contributed by atoms with Crippen molar-refractivity contribution in [3.05, 3.63) is 23.8 Å². The average molecular weight is 360 g/mol. The molecule has 3 rings (SSSR count). The average Bonchev–Trinajstić information content (AvgIpc) is 2.85. The van der Waals surface area contributed by atoms with Gasteiger partial charge >= 0.3 is 0 Å². The number of nitrogens with zero attached hydrogens (tertiary/aromatic N) is 2. The Labute approximate surface area is 155 Å². The molecule has 1 aromatic rings. The van der Waals surface area contributed by atoms with Crippen LogP contribution in [0.1, 0.15) is 32.8 Å². The maximum absolute atomic E-state index is 12.6. The summed E-state index contributed by atoms with van der Waals surface area (Å²) in [5.41, 5.74) is 0.545. The third kappa shape index (κ3) is 4.29. The van der Waals surface area contributed by atoms with Gasteiger partial charge in [0.05, 0.1) is 19.6 Å². The van der Waals surface area contributed by atoms with Gasteiger partial charge in [0.25, 0.3) is 0 Å². The fourth-order valence-electron chi connectivity index (χ4n) is 3.24. The van der Waals surface area contributed by atoms with Crippen molar-refractivity contribution < 1.29 is 19.1 Å². The van der Waals surface area contributed by atoms with E-state index >= 15 is 0 Å². The van der Waals surface area contributed by atoms with Crippen LogP contribution in [0.15, 0.2) is 18.2 Å². The highest BCUT2D eigenvalue weighted by Gasteiger charge is 2.30. The summed E-state index contributed by atoms with van der Waals surface area (Å²) in [7, 11) is 0. The quantitative estimate of drug-likeness (QED) is 0.810. The van der Waals surface area contributed by atoms with Gasteiger partial charge in [0.15, 0.2) is 11.5 Å². The van der Waals surface area contributed by atoms with Crippen LogP contribution in [0.3, 0.4) is 0 Å². The normalized spacial score (nSPS) is 17.7. The number of piperazine rings is 1. The zero-order chi connectivity index (χ0) is 18.7. The van der Waals surface area contributed by atoms with Crippen molar-refractivity contribution in [1.82, 2.24) is 9.80 Å². The molecule has 2 aliphatic rings. The smallest absolute Gasteiger partial charge is 0.228 e. The fourth-order valence-corrected chi connectivity index (χ4v) is 3.24. The Kier molecular flexibility index (Phi) is 5.39. The van der Waals surface area contributed by atoms with Crippen LogP contribution in [0.4, 0.5) is 0 Å². The molecule has 0 saturated carbocycles. The maximum Gasteiger partial charge on any atom is 0.228 e. The lowest BCUT2D eigenvalue weighted by Crippen LogP contribution is -2.53. The molecule has 6 heteroatoms. The number of carbonyl (C=O) groups is 2. The van der Waals surface area contributed by atoms with Gasteiger partial charge in [-0.25, -0.2) is 0 Å². The van der Waals surface area contributed by atoms with Crippen LogP contribution in [-0.4, -0.2) is 61.0 Å². The first kappa shape index (κ1) is 18.5. The first-order valence-electron chi connectivity index (χ1n) is 9.30. The highest BCUT2D eigenvalue weighted by atomic mass is 16.5. The van der Waals surface area contributed by atoms with Gasteiger partial charge in [0.2, 0.25) is 11.8 Å². The summed E-state index contributed by atoms with van der Waals surface area (Å²) in [6.07, 6.45) is 1.20. The van der Waals surface area contributed by atoms with Crippen LogP contribution < -0.4 is 9.47 Å². The summed E-state index contributed by atoms with van der Waals surface area (Å²) < 4.78 is 11.3. The molecule has 0 radical (unpaired) electrons. The summed E-state index contributed by atoms with van der Waals surface area (Å²) >= 11 is 0. The van der Waals surface area contributed by atoms with Crippen molar-refractivity contribution >= 4 is 11.8 Å². The number of fused-ring (bicyclic) bond motifs is 1. The summed E-state index contributed by atoms with van der Waals surface area (Å²) in [5, 5.41) is 0. The van der Waals surface area contributed by atoms with Crippen LogP contribution in [0.25, 0.3) is 0 Å². The predicted molar refractivity (Wildman–Crippen MR) is 98.4 cm³/mol. The molecule has 26 heavy (non-hydrogen) atoms. The van der Waals surface area contributed by atoms with Crippen LogP contribution in [-0.2, 0) is 16.0 Å². The van der Waals surface area contributed by atoms with E-state index in [4.69, 9.17) is 9.47 Å². The van der Waals surface area contributed by atoms with Gasteiger partial charge in [-0.1, -0.05) is 26.8 Å². The van der Waals surface area contributed by atoms with Crippen LogP contribution in [0, 0.1) is 5.41 Å².